The molecule has 2 fully saturated rings. The third-order valence-electron chi connectivity index (χ3n) is 5.81. The van der Waals surface area contributed by atoms with Crippen LogP contribution in [0.25, 0.3) is 0 Å². The number of hydrogen-bond acceptors (Lipinski definition) is 5. The number of aromatic nitrogens is 1. The summed E-state index contributed by atoms with van der Waals surface area (Å²) in [5.74, 6) is -0.378. The van der Waals surface area contributed by atoms with Gasteiger partial charge in [0.1, 0.15) is 5.69 Å². The van der Waals surface area contributed by atoms with Crippen LogP contribution in [0.5, 0.6) is 0 Å². The van der Waals surface area contributed by atoms with E-state index in [4.69, 9.17) is 0 Å². The third-order valence-corrected chi connectivity index (χ3v) is 5.81. The molecule has 2 aliphatic rings. The second-order valence-corrected chi connectivity index (χ2v) is 8.13. The van der Waals surface area contributed by atoms with Gasteiger partial charge in [-0.05, 0) is 49.2 Å². The summed E-state index contributed by atoms with van der Waals surface area (Å²) in [6, 6.07) is 9.53. The van der Waals surface area contributed by atoms with E-state index < -0.39 is 0 Å². The number of urea groups is 1. The number of pyridine rings is 1. The highest BCUT2D eigenvalue weighted by Crippen LogP contribution is 2.22. The van der Waals surface area contributed by atoms with Crippen LogP contribution in [0, 0.1) is 13.8 Å². The molecule has 4 amide bonds. The van der Waals surface area contributed by atoms with Crippen LogP contribution in [0.1, 0.15) is 28.5 Å². The lowest BCUT2D eigenvalue weighted by atomic mass is 10.1. The molecule has 1 aromatic heterocycles. The highest BCUT2D eigenvalue weighted by atomic mass is 16.2. The summed E-state index contributed by atoms with van der Waals surface area (Å²) in [5.41, 5.74) is 4.62. The summed E-state index contributed by atoms with van der Waals surface area (Å²) in [5, 5.41) is 0. The maximum Gasteiger partial charge on any atom is 0.331 e. The lowest BCUT2D eigenvalue weighted by Crippen LogP contribution is -2.49. The van der Waals surface area contributed by atoms with Crippen molar-refractivity contribution >= 4 is 29.2 Å². The highest BCUT2D eigenvalue weighted by molar-refractivity contribution is 6.04. The first-order valence-corrected chi connectivity index (χ1v) is 10.5. The van der Waals surface area contributed by atoms with Crippen LogP contribution in [0.15, 0.2) is 36.5 Å². The van der Waals surface area contributed by atoms with Gasteiger partial charge < -0.3 is 9.80 Å². The van der Waals surface area contributed by atoms with E-state index in [1.807, 2.05) is 4.90 Å². The van der Waals surface area contributed by atoms with Crippen LogP contribution >= 0.6 is 0 Å². The fourth-order valence-electron chi connectivity index (χ4n) is 4.20. The van der Waals surface area contributed by atoms with Gasteiger partial charge in [-0.2, -0.15) is 0 Å². The van der Waals surface area contributed by atoms with Gasteiger partial charge in [-0.1, -0.05) is 6.07 Å². The number of imide groups is 1. The second kappa shape index (κ2) is 8.37. The summed E-state index contributed by atoms with van der Waals surface area (Å²) >= 11 is 0. The zero-order valence-corrected chi connectivity index (χ0v) is 18.2. The Hall–Kier alpha value is -3.42. The van der Waals surface area contributed by atoms with Crippen molar-refractivity contribution in [2.75, 3.05) is 49.1 Å². The van der Waals surface area contributed by atoms with Crippen molar-refractivity contribution in [2.45, 2.75) is 20.8 Å². The molecule has 0 bridgehead atoms. The topological polar surface area (TPSA) is 77.1 Å². The number of carbonyl (C=O) groups excluding carboxylic acids is 3. The van der Waals surface area contributed by atoms with Crippen molar-refractivity contribution < 1.29 is 14.4 Å². The molecule has 0 aliphatic carbocycles. The summed E-state index contributed by atoms with van der Waals surface area (Å²) in [6.45, 7) is 9.17. The molecule has 0 radical (unpaired) electrons. The van der Waals surface area contributed by atoms with Crippen LogP contribution in [0.3, 0.4) is 0 Å². The molecule has 0 saturated carbocycles. The number of benzene rings is 1. The quantitative estimate of drug-likeness (QED) is 0.761. The molecule has 8 nitrogen and oxygen atoms in total. The van der Waals surface area contributed by atoms with Gasteiger partial charge in [0.05, 0.1) is 11.9 Å². The lowest BCUT2D eigenvalue weighted by molar-refractivity contribution is -0.125. The van der Waals surface area contributed by atoms with Gasteiger partial charge in [0.15, 0.2) is 0 Å². The number of carbonyl (C=O) groups is 3. The summed E-state index contributed by atoms with van der Waals surface area (Å²) in [4.78, 5) is 47.9. The van der Waals surface area contributed by atoms with Gasteiger partial charge in [-0.15, -0.1) is 0 Å². The first-order valence-electron chi connectivity index (χ1n) is 10.5. The van der Waals surface area contributed by atoms with Crippen molar-refractivity contribution in [3.8, 4) is 0 Å². The summed E-state index contributed by atoms with van der Waals surface area (Å²) in [7, 11) is 0. The normalized spacial score (nSPS) is 16.8. The summed E-state index contributed by atoms with van der Waals surface area (Å²) in [6.07, 6.45) is 1.53. The van der Waals surface area contributed by atoms with Crippen LogP contribution in [-0.4, -0.2) is 71.9 Å². The van der Waals surface area contributed by atoms with Crippen molar-refractivity contribution in [2.24, 2.45) is 0 Å². The first-order chi connectivity index (χ1) is 14.8. The standard InChI is InChI=1S/C23H27N5O3/c1-16-12-17(2)14-20(13-16)25-6-8-26(9-7-25)22(30)21-5-4-19(15-24-21)28-11-10-27(18(3)29)23(28)31/h4-5,12-15H,6-11H2,1-3H3. The maximum absolute atomic E-state index is 12.9. The number of piperazine rings is 1. The molecule has 0 N–H and O–H groups in total. The Bertz CT molecular complexity index is 992. The van der Waals surface area contributed by atoms with E-state index in [2.05, 4.69) is 41.9 Å². The molecule has 0 unspecified atom stereocenters. The van der Waals surface area contributed by atoms with E-state index in [-0.39, 0.29) is 17.8 Å². The van der Waals surface area contributed by atoms with Gasteiger partial charge >= 0.3 is 6.03 Å². The fraction of sp³-hybridized carbons (Fsp3) is 0.391. The van der Waals surface area contributed by atoms with Crippen molar-refractivity contribution in [3.05, 3.63) is 53.3 Å². The highest BCUT2D eigenvalue weighted by Gasteiger charge is 2.32. The zero-order chi connectivity index (χ0) is 22.1. The largest absolute Gasteiger partial charge is 0.368 e. The minimum atomic E-state index is -0.351. The van der Waals surface area contributed by atoms with Gasteiger partial charge in [-0.25, -0.2) is 9.78 Å². The third kappa shape index (κ3) is 4.23. The number of anilines is 2. The summed E-state index contributed by atoms with van der Waals surface area (Å²) < 4.78 is 0. The molecule has 2 aromatic rings. The van der Waals surface area contributed by atoms with Gasteiger partial charge in [0.25, 0.3) is 5.91 Å². The molecule has 8 heteroatoms. The average molecular weight is 422 g/mol. The number of nitrogens with zero attached hydrogens (tertiary/aromatic N) is 5. The van der Waals surface area contributed by atoms with E-state index in [0.29, 0.717) is 37.6 Å². The van der Waals surface area contributed by atoms with E-state index >= 15 is 0 Å². The molecule has 0 atom stereocenters. The second-order valence-electron chi connectivity index (χ2n) is 8.13. The predicted octanol–water partition coefficient (Wildman–Crippen LogP) is 2.45. The van der Waals surface area contributed by atoms with E-state index in [9.17, 15) is 14.4 Å². The Morgan fingerprint density at radius 1 is 0.871 bits per heavy atom. The smallest absolute Gasteiger partial charge is 0.331 e. The lowest BCUT2D eigenvalue weighted by Gasteiger charge is -2.36. The van der Waals surface area contributed by atoms with E-state index in [0.717, 1.165) is 13.1 Å². The molecular weight excluding hydrogens is 394 g/mol. The number of hydrogen-bond donors (Lipinski definition) is 0. The monoisotopic (exact) mass is 421 g/mol. The molecule has 4 rings (SSSR count). The molecule has 2 aliphatic heterocycles. The van der Waals surface area contributed by atoms with Crippen molar-refractivity contribution in [3.63, 3.8) is 0 Å². The first kappa shape index (κ1) is 20.8. The molecule has 0 spiro atoms. The van der Waals surface area contributed by atoms with Crippen molar-refractivity contribution in [1.82, 2.24) is 14.8 Å². The minimum Gasteiger partial charge on any atom is -0.368 e. The predicted molar refractivity (Wildman–Crippen MR) is 118 cm³/mol. The van der Waals surface area contributed by atoms with Crippen LogP contribution in [0.2, 0.25) is 0 Å². The number of aryl methyl sites for hydroxylation is 2. The Morgan fingerprint density at radius 2 is 1.55 bits per heavy atom. The molecule has 3 heterocycles. The van der Waals surface area contributed by atoms with Gasteiger partial charge in [0, 0.05) is 51.9 Å². The Labute approximate surface area is 182 Å². The van der Waals surface area contributed by atoms with E-state index in [1.165, 1.54) is 39.7 Å². The Kier molecular flexibility index (Phi) is 5.63. The van der Waals surface area contributed by atoms with Crippen LogP contribution in [0.4, 0.5) is 16.2 Å². The van der Waals surface area contributed by atoms with Gasteiger partial charge in [0.2, 0.25) is 5.91 Å². The minimum absolute atomic E-state index is 0.107. The molecule has 1 aromatic carbocycles. The van der Waals surface area contributed by atoms with Crippen molar-refractivity contribution in [1.29, 1.82) is 0 Å². The maximum atomic E-state index is 12.9. The fourth-order valence-corrected chi connectivity index (χ4v) is 4.20. The average Bonchev–Trinajstić information content (AvgIpc) is 3.14. The SMILES string of the molecule is CC(=O)N1CCN(c2ccc(C(=O)N3CCN(c4cc(C)cc(C)c4)CC3)nc2)C1=O. The van der Waals surface area contributed by atoms with E-state index in [1.54, 1.807) is 12.1 Å². The Morgan fingerprint density at radius 3 is 2.10 bits per heavy atom. The number of rotatable bonds is 3. The van der Waals surface area contributed by atoms with Gasteiger partial charge in [-0.3, -0.25) is 19.4 Å². The van der Waals surface area contributed by atoms with Crippen LogP contribution in [-0.2, 0) is 4.79 Å². The molecule has 162 valence electrons. The number of amides is 4. The Balaban J connectivity index is 1.38. The zero-order valence-electron chi connectivity index (χ0n) is 18.2. The molecule has 31 heavy (non-hydrogen) atoms. The van der Waals surface area contributed by atoms with Crippen LogP contribution < -0.4 is 9.80 Å². The molecular formula is C23H27N5O3. The molecule has 2 saturated heterocycles.